The lowest BCUT2D eigenvalue weighted by Gasteiger charge is -2.05. The zero-order valence-electron chi connectivity index (χ0n) is 14.3. The van der Waals surface area contributed by atoms with Crippen molar-refractivity contribution in [2.45, 2.75) is 6.18 Å². The van der Waals surface area contributed by atoms with Crippen molar-refractivity contribution in [3.05, 3.63) is 70.1 Å². The van der Waals surface area contributed by atoms with Gasteiger partial charge in [0, 0.05) is 29.4 Å². The maximum Gasteiger partial charge on any atom is 0.416 e. The second-order valence-electron chi connectivity index (χ2n) is 5.93. The van der Waals surface area contributed by atoms with Gasteiger partial charge in [-0.15, -0.1) is 0 Å². The number of aromatic nitrogens is 1. The van der Waals surface area contributed by atoms with Crippen LogP contribution in [0.1, 0.15) is 22.5 Å². The summed E-state index contributed by atoms with van der Waals surface area (Å²) in [6, 6.07) is 6.15. The van der Waals surface area contributed by atoms with Crippen LogP contribution < -0.4 is 5.32 Å². The third-order valence-electron chi connectivity index (χ3n) is 3.91. The summed E-state index contributed by atoms with van der Waals surface area (Å²) in [4.78, 5) is 27.2. The predicted octanol–water partition coefficient (Wildman–Crippen LogP) is 4.57. The Morgan fingerprint density at radius 2 is 1.86 bits per heavy atom. The number of thioether (sulfide) groups is 1. The van der Waals surface area contributed by atoms with Gasteiger partial charge >= 0.3 is 6.18 Å². The van der Waals surface area contributed by atoms with E-state index in [0.717, 1.165) is 23.9 Å². The standard InChI is InChI=1S/C20H9F3N2O3S/c21-20(22,23)14-5-2-11(3-6-14)1-4-12-9-24-10-13-7-15(28-17(12)13)8-16-18(26)25-19(27)29-16/h2-3,5-10H,(H,25,26,27). The van der Waals surface area contributed by atoms with Crippen molar-refractivity contribution in [3.63, 3.8) is 0 Å². The normalized spacial score (nSPS) is 15.5. The number of fused-ring (bicyclic) bond motifs is 1. The molecule has 3 aromatic rings. The molecule has 2 aromatic heterocycles. The maximum absolute atomic E-state index is 12.6. The van der Waals surface area contributed by atoms with E-state index in [0.29, 0.717) is 27.9 Å². The van der Waals surface area contributed by atoms with Crippen molar-refractivity contribution in [2.75, 3.05) is 0 Å². The van der Waals surface area contributed by atoms with Crippen LogP contribution in [-0.4, -0.2) is 16.1 Å². The van der Waals surface area contributed by atoms with E-state index in [2.05, 4.69) is 22.1 Å². The first kappa shape index (κ1) is 18.8. The number of nitrogens with one attached hydrogen (secondary N) is 1. The molecule has 0 atom stereocenters. The first-order valence-corrected chi connectivity index (χ1v) is 8.93. The van der Waals surface area contributed by atoms with E-state index in [1.54, 1.807) is 12.3 Å². The monoisotopic (exact) mass is 414 g/mol. The third-order valence-corrected chi connectivity index (χ3v) is 4.72. The van der Waals surface area contributed by atoms with Crippen molar-refractivity contribution < 1.29 is 27.2 Å². The van der Waals surface area contributed by atoms with E-state index in [4.69, 9.17) is 4.42 Å². The number of pyridine rings is 1. The Kier molecular flexibility index (Phi) is 4.64. The number of hydrogen-bond acceptors (Lipinski definition) is 5. The lowest BCUT2D eigenvalue weighted by atomic mass is 10.1. The maximum atomic E-state index is 12.6. The third kappa shape index (κ3) is 4.02. The summed E-state index contributed by atoms with van der Waals surface area (Å²) in [5.41, 5.74) is 0.511. The summed E-state index contributed by atoms with van der Waals surface area (Å²) < 4.78 is 43.6. The predicted molar refractivity (Wildman–Crippen MR) is 101 cm³/mol. The first-order valence-electron chi connectivity index (χ1n) is 8.11. The van der Waals surface area contributed by atoms with Crippen LogP contribution in [0.2, 0.25) is 0 Å². The number of rotatable bonds is 1. The molecule has 1 saturated heterocycles. The molecule has 0 saturated carbocycles. The minimum absolute atomic E-state index is 0.208. The molecule has 1 fully saturated rings. The Bertz CT molecular complexity index is 1230. The molecule has 1 aliphatic rings. The molecule has 1 N–H and O–H groups in total. The highest BCUT2D eigenvalue weighted by molar-refractivity contribution is 8.18. The molecule has 1 aromatic carbocycles. The molecule has 4 rings (SSSR count). The van der Waals surface area contributed by atoms with Crippen molar-refractivity contribution in [2.24, 2.45) is 0 Å². The van der Waals surface area contributed by atoms with Crippen LogP contribution in [-0.2, 0) is 11.0 Å². The summed E-state index contributed by atoms with van der Waals surface area (Å²) in [5, 5.41) is 2.33. The number of amides is 2. The highest BCUT2D eigenvalue weighted by Gasteiger charge is 2.29. The van der Waals surface area contributed by atoms with Gasteiger partial charge in [-0.3, -0.25) is 19.9 Å². The van der Waals surface area contributed by atoms with E-state index in [9.17, 15) is 22.8 Å². The number of imide groups is 1. The van der Waals surface area contributed by atoms with E-state index in [1.807, 2.05) is 0 Å². The highest BCUT2D eigenvalue weighted by Crippen LogP contribution is 2.30. The van der Waals surface area contributed by atoms with Gasteiger partial charge in [0.1, 0.15) is 5.76 Å². The molecule has 2 amide bonds. The van der Waals surface area contributed by atoms with Crippen molar-refractivity contribution in [1.29, 1.82) is 0 Å². The summed E-state index contributed by atoms with van der Waals surface area (Å²) in [7, 11) is 0. The number of carbonyl (C=O) groups is 2. The van der Waals surface area contributed by atoms with Crippen molar-refractivity contribution >= 4 is 40.0 Å². The second kappa shape index (κ2) is 7.14. The van der Waals surface area contributed by atoms with E-state index >= 15 is 0 Å². The van der Waals surface area contributed by atoms with Gasteiger partial charge in [-0.25, -0.2) is 0 Å². The quantitative estimate of drug-likeness (QED) is 0.467. The summed E-state index contributed by atoms with van der Waals surface area (Å²) in [6.07, 6.45) is 0.0647. The van der Waals surface area contributed by atoms with Gasteiger partial charge in [0.2, 0.25) is 0 Å². The van der Waals surface area contributed by atoms with Crippen LogP contribution in [0.25, 0.3) is 17.0 Å². The number of nitrogens with zero attached hydrogens (tertiary/aromatic N) is 1. The molecule has 9 heteroatoms. The number of hydrogen-bond donors (Lipinski definition) is 1. The molecular weight excluding hydrogens is 405 g/mol. The number of furan rings is 1. The Labute approximate surface area is 166 Å². The smallest absolute Gasteiger partial charge is 0.416 e. The fraction of sp³-hybridized carbons (Fsp3) is 0.0500. The van der Waals surface area contributed by atoms with E-state index < -0.39 is 22.9 Å². The van der Waals surface area contributed by atoms with Gasteiger partial charge in [0.05, 0.1) is 16.0 Å². The van der Waals surface area contributed by atoms with Crippen LogP contribution in [0.5, 0.6) is 0 Å². The van der Waals surface area contributed by atoms with E-state index in [-0.39, 0.29) is 4.91 Å². The lowest BCUT2D eigenvalue weighted by Crippen LogP contribution is -2.17. The van der Waals surface area contributed by atoms with Gasteiger partial charge in [-0.05, 0) is 42.1 Å². The van der Waals surface area contributed by atoms with Crippen LogP contribution >= 0.6 is 11.8 Å². The molecule has 3 heterocycles. The van der Waals surface area contributed by atoms with Crippen LogP contribution in [0.4, 0.5) is 18.0 Å². The fourth-order valence-corrected chi connectivity index (χ4v) is 3.24. The Balaban J connectivity index is 1.65. The highest BCUT2D eigenvalue weighted by atomic mass is 32.2. The van der Waals surface area contributed by atoms with Gasteiger partial charge in [-0.2, -0.15) is 13.2 Å². The van der Waals surface area contributed by atoms with Gasteiger partial charge < -0.3 is 4.42 Å². The first-order chi connectivity index (χ1) is 13.8. The number of halogens is 3. The van der Waals surface area contributed by atoms with Gasteiger partial charge in [0.25, 0.3) is 11.1 Å². The van der Waals surface area contributed by atoms with Crippen LogP contribution in [0.3, 0.4) is 0 Å². The minimum atomic E-state index is -4.40. The van der Waals surface area contributed by atoms with Gasteiger partial charge in [0.15, 0.2) is 5.58 Å². The zero-order chi connectivity index (χ0) is 20.6. The average Bonchev–Trinajstić information content (AvgIpc) is 3.22. The Morgan fingerprint density at radius 3 is 2.52 bits per heavy atom. The Morgan fingerprint density at radius 1 is 1.10 bits per heavy atom. The fourth-order valence-electron chi connectivity index (χ4n) is 2.57. The van der Waals surface area contributed by atoms with Crippen molar-refractivity contribution in [1.82, 2.24) is 10.3 Å². The Hall–Kier alpha value is -3.51. The van der Waals surface area contributed by atoms with Crippen molar-refractivity contribution in [3.8, 4) is 11.8 Å². The lowest BCUT2D eigenvalue weighted by molar-refractivity contribution is -0.137. The molecule has 144 valence electrons. The summed E-state index contributed by atoms with van der Waals surface area (Å²) in [5.74, 6) is 5.47. The SMILES string of the molecule is O=C1NC(=O)C(=Cc2cc3cncc(C#Cc4ccc(C(F)(F)F)cc4)c3o2)S1. The molecule has 0 aliphatic carbocycles. The molecular formula is C20H9F3N2O3S. The minimum Gasteiger partial charge on any atom is -0.455 e. The number of alkyl halides is 3. The molecule has 0 bridgehead atoms. The molecule has 0 unspecified atom stereocenters. The molecule has 29 heavy (non-hydrogen) atoms. The average molecular weight is 414 g/mol. The molecule has 0 spiro atoms. The topological polar surface area (TPSA) is 72.2 Å². The van der Waals surface area contributed by atoms with Crippen LogP contribution in [0.15, 0.2) is 52.0 Å². The largest absolute Gasteiger partial charge is 0.455 e. The summed E-state index contributed by atoms with van der Waals surface area (Å²) in [6.45, 7) is 0. The molecule has 5 nitrogen and oxygen atoms in total. The number of benzene rings is 1. The molecule has 0 radical (unpaired) electrons. The van der Waals surface area contributed by atoms with Crippen LogP contribution in [0, 0.1) is 11.8 Å². The zero-order valence-corrected chi connectivity index (χ0v) is 15.1. The molecule has 1 aliphatic heterocycles. The second-order valence-corrected chi connectivity index (χ2v) is 6.95. The van der Waals surface area contributed by atoms with E-state index in [1.165, 1.54) is 24.4 Å². The number of carbonyl (C=O) groups excluding carboxylic acids is 2. The van der Waals surface area contributed by atoms with Gasteiger partial charge in [-0.1, -0.05) is 11.8 Å². The summed E-state index contributed by atoms with van der Waals surface area (Å²) >= 11 is 0.771.